The van der Waals surface area contributed by atoms with Crippen molar-refractivity contribution in [2.24, 2.45) is 0 Å². The number of nitrogens with zero attached hydrogens (tertiary/aromatic N) is 2. The molecule has 126 valence electrons. The molecule has 3 aromatic rings. The Kier molecular flexibility index (Phi) is 5.29. The van der Waals surface area contributed by atoms with Crippen molar-refractivity contribution in [3.8, 4) is 11.3 Å². The van der Waals surface area contributed by atoms with Crippen LogP contribution in [0.3, 0.4) is 0 Å². The molecule has 2 aromatic carbocycles. The second-order valence-corrected chi connectivity index (χ2v) is 7.61. The molecule has 0 bridgehead atoms. The SMILES string of the molecule is [C-]#[N+]c1ccccc1Nc1nc(-c2ccc(Cl)c(Cl)c2)c(C(C)C)s1. The van der Waals surface area contributed by atoms with E-state index in [1.54, 1.807) is 23.5 Å². The van der Waals surface area contributed by atoms with Crippen LogP contribution < -0.4 is 5.32 Å². The Morgan fingerprint density at radius 2 is 1.88 bits per heavy atom. The van der Waals surface area contributed by atoms with Gasteiger partial charge in [-0.25, -0.2) is 9.83 Å². The quantitative estimate of drug-likeness (QED) is 0.468. The third kappa shape index (κ3) is 3.80. The van der Waals surface area contributed by atoms with Crippen LogP contribution in [0, 0.1) is 6.57 Å². The molecule has 0 aliphatic rings. The Labute approximate surface area is 161 Å². The van der Waals surface area contributed by atoms with Gasteiger partial charge in [0.25, 0.3) is 0 Å². The number of thiazole rings is 1. The molecule has 0 radical (unpaired) electrons. The molecule has 1 N–H and O–H groups in total. The highest BCUT2D eigenvalue weighted by Crippen LogP contribution is 2.39. The summed E-state index contributed by atoms with van der Waals surface area (Å²) < 4.78 is 0. The van der Waals surface area contributed by atoms with E-state index in [-0.39, 0.29) is 0 Å². The fraction of sp³-hybridized carbons (Fsp3) is 0.158. The summed E-state index contributed by atoms with van der Waals surface area (Å²) in [6.45, 7) is 11.5. The number of para-hydroxylation sites is 2. The van der Waals surface area contributed by atoms with Gasteiger partial charge in [-0.05, 0) is 24.1 Å². The Morgan fingerprint density at radius 3 is 2.56 bits per heavy atom. The van der Waals surface area contributed by atoms with Crippen LogP contribution in [0.2, 0.25) is 10.0 Å². The fourth-order valence-electron chi connectivity index (χ4n) is 2.42. The first-order valence-corrected chi connectivity index (χ1v) is 9.26. The third-order valence-corrected chi connectivity index (χ3v) is 5.65. The minimum Gasteiger partial charge on any atom is -0.341 e. The van der Waals surface area contributed by atoms with E-state index in [0.29, 0.717) is 21.7 Å². The maximum Gasteiger partial charge on any atom is 0.209 e. The molecule has 25 heavy (non-hydrogen) atoms. The lowest BCUT2D eigenvalue weighted by Gasteiger charge is -2.06. The van der Waals surface area contributed by atoms with Crippen molar-refractivity contribution >= 4 is 51.0 Å². The molecule has 0 aliphatic heterocycles. The van der Waals surface area contributed by atoms with E-state index in [1.807, 2.05) is 30.3 Å². The van der Waals surface area contributed by atoms with Gasteiger partial charge < -0.3 is 5.32 Å². The van der Waals surface area contributed by atoms with Crippen molar-refractivity contribution in [2.45, 2.75) is 19.8 Å². The van der Waals surface area contributed by atoms with E-state index in [2.05, 4.69) is 24.0 Å². The zero-order valence-electron chi connectivity index (χ0n) is 13.7. The zero-order chi connectivity index (χ0) is 18.0. The van der Waals surface area contributed by atoms with Crippen LogP contribution in [0.1, 0.15) is 24.6 Å². The average Bonchev–Trinajstić information content (AvgIpc) is 3.02. The summed E-state index contributed by atoms with van der Waals surface area (Å²) in [6.07, 6.45) is 0. The molecule has 3 rings (SSSR count). The van der Waals surface area contributed by atoms with Crippen molar-refractivity contribution in [3.63, 3.8) is 0 Å². The van der Waals surface area contributed by atoms with Crippen molar-refractivity contribution in [1.29, 1.82) is 0 Å². The number of halogens is 2. The van der Waals surface area contributed by atoms with Gasteiger partial charge in [-0.1, -0.05) is 61.3 Å². The molecule has 0 atom stereocenters. The number of rotatable bonds is 4. The summed E-state index contributed by atoms with van der Waals surface area (Å²) in [5.41, 5.74) is 3.14. The number of hydrogen-bond acceptors (Lipinski definition) is 3. The molecule has 0 saturated heterocycles. The second kappa shape index (κ2) is 7.45. The first kappa shape index (κ1) is 17.8. The van der Waals surface area contributed by atoms with E-state index in [4.69, 9.17) is 34.8 Å². The minimum atomic E-state index is 0.314. The Bertz CT molecular complexity index is 958. The molecule has 0 amide bonds. The smallest absolute Gasteiger partial charge is 0.209 e. The Balaban J connectivity index is 2.03. The van der Waals surface area contributed by atoms with Gasteiger partial charge in [0.1, 0.15) is 0 Å². The summed E-state index contributed by atoms with van der Waals surface area (Å²) in [4.78, 5) is 9.44. The molecule has 0 spiro atoms. The van der Waals surface area contributed by atoms with Crippen LogP contribution in [0.25, 0.3) is 16.1 Å². The highest BCUT2D eigenvalue weighted by atomic mass is 35.5. The van der Waals surface area contributed by atoms with Gasteiger partial charge in [0, 0.05) is 16.1 Å². The molecule has 0 aliphatic carbocycles. The molecule has 0 unspecified atom stereocenters. The number of hydrogen-bond donors (Lipinski definition) is 1. The Morgan fingerprint density at radius 1 is 1.12 bits per heavy atom. The van der Waals surface area contributed by atoms with Gasteiger partial charge in [-0.2, -0.15) is 0 Å². The average molecular weight is 388 g/mol. The lowest BCUT2D eigenvalue weighted by Crippen LogP contribution is -1.90. The summed E-state index contributed by atoms with van der Waals surface area (Å²) in [6, 6.07) is 12.9. The van der Waals surface area contributed by atoms with Crippen LogP contribution in [0.4, 0.5) is 16.5 Å². The molecule has 1 aromatic heterocycles. The monoisotopic (exact) mass is 387 g/mol. The molecular formula is C19H15Cl2N3S. The van der Waals surface area contributed by atoms with Crippen LogP contribution in [0.15, 0.2) is 42.5 Å². The lowest BCUT2D eigenvalue weighted by atomic mass is 10.1. The second-order valence-electron chi connectivity index (χ2n) is 5.77. The van der Waals surface area contributed by atoms with Crippen LogP contribution in [-0.4, -0.2) is 4.98 Å². The third-order valence-electron chi connectivity index (χ3n) is 3.64. The van der Waals surface area contributed by atoms with Gasteiger partial charge in [0.05, 0.1) is 22.3 Å². The van der Waals surface area contributed by atoms with Gasteiger partial charge in [-0.15, -0.1) is 11.3 Å². The summed E-state index contributed by atoms with van der Waals surface area (Å²) in [5, 5.41) is 5.05. The van der Waals surface area contributed by atoms with Gasteiger partial charge in [0.2, 0.25) is 5.69 Å². The van der Waals surface area contributed by atoms with Crippen molar-refractivity contribution < 1.29 is 0 Å². The predicted molar refractivity (Wildman–Crippen MR) is 108 cm³/mol. The van der Waals surface area contributed by atoms with Gasteiger partial charge in [0.15, 0.2) is 5.13 Å². The Hall–Kier alpha value is -2.06. The predicted octanol–water partition coefficient (Wildman–Crippen LogP) is 7.53. The molecule has 6 heteroatoms. The lowest BCUT2D eigenvalue weighted by molar-refractivity contribution is 0.888. The summed E-state index contributed by atoms with van der Waals surface area (Å²) in [5.74, 6) is 0.314. The van der Waals surface area contributed by atoms with E-state index in [0.717, 1.165) is 27.0 Å². The molecular weight excluding hydrogens is 373 g/mol. The highest BCUT2D eigenvalue weighted by molar-refractivity contribution is 7.16. The highest BCUT2D eigenvalue weighted by Gasteiger charge is 2.17. The maximum absolute atomic E-state index is 7.29. The summed E-state index contributed by atoms with van der Waals surface area (Å²) in [7, 11) is 0. The van der Waals surface area contributed by atoms with Gasteiger partial charge >= 0.3 is 0 Å². The first-order valence-electron chi connectivity index (χ1n) is 7.69. The first-order chi connectivity index (χ1) is 12.0. The number of benzene rings is 2. The summed E-state index contributed by atoms with van der Waals surface area (Å²) >= 11 is 13.8. The van der Waals surface area contributed by atoms with Crippen molar-refractivity contribution in [1.82, 2.24) is 4.98 Å². The number of aromatic nitrogens is 1. The standard InChI is InChI=1S/C19H15Cl2N3S/c1-11(2)18-17(12-8-9-13(20)14(21)10-12)24-19(25-18)23-16-7-5-4-6-15(16)22-3/h4-11H,1-2H3,(H,23,24). The maximum atomic E-state index is 7.29. The van der Waals surface area contributed by atoms with Gasteiger partial charge in [-0.3, -0.25) is 0 Å². The molecule has 3 nitrogen and oxygen atoms in total. The van der Waals surface area contributed by atoms with Crippen molar-refractivity contribution in [3.05, 3.63) is 68.8 Å². The van der Waals surface area contributed by atoms with E-state index in [9.17, 15) is 0 Å². The topological polar surface area (TPSA) is 29.3 Å². The molecule has 0 saturated carbocycles. The zero-order valence-corrected chi connectivity index (χ0v) is 16.0. The molecule has 1 heterocycles. The van der Waals surface area contributed by atoms with Crippen LogP contribution >= 0.6 is 34.5 Å². The normalized spacial score (nSPS) is 10.7. The van der Waals surface area contributed by atoms with E-state index >= 15 is 0 Å². The fourth-order valence-corrected chi connectivity index (χ4v) is 3.72. The number of anilines is 2. The van der Waals surface area contributed by atoms with Crippen LogP contribution in [-0.2, 0) is 0 Å². The van der Waals surface area contributed by atoms with E-state index in [1.165, 1.54) is 0 Å². The van der Waals surface area contributed by atoms with Crippen LogP contribution in [0.5, 0.6) is 0 Å². The largest absolute Gasteiger partial charge is 0.341 e. The van der Waals surface area contributed by atoms with Crippen molar-refractivity contribution in [2.75, 3.05) is 5.32 Å². The van der Waals surface area contributed by atoms with E-state index < -0.39 is 0 Å². The minimum absolute atomic E-state index is 0.314. The molecule has 0 fully saturated rings. The number of nitrogens with one attached hydrogen (secondary N) is 1.